The molecule has 6 rings (SSSR count). The van der Waals surface area contributed by atoms with Gasteiger partial charge in [-0.05, 0) is 45.1 Å². The summed E-state index contributed by atoms with van der Waals surface area (Å²) >= 11 is 6.48. The minimum absolute atomic E-state index is 0.727. The fraction of sp³-hybridized carbons (Fsp3) is 0. The predicted molar refractivity (Wildman–Crippen MR) is 111 cm³/mol. The van der Waals surface area contributed by atoms with Crippen LogP contribution in [0.2, 0.25) is 5.02 Å². The van der Waals surface area contributed by atoms with Gasteiger partial charge >= 0.3 is 0 Å². The number of halogens is 1. The Morgan fingerprint density at radius 2 is 1.08 bits per heavy atom. The second-order valence-corrected chi connectivity index (χ2v) is 7.08. The van der Waals surface area contributed by atoms with Gasteiger partial charge in [-0.15, -0.1) is 0 Å². The van der Waals surface area contributed by atoms with Gasteiger partial charge in [0.2, 0.25) is 0 Å². The summed E-state index contributed by atoms with van der Waals surface area (Å²) in [5.74, 6) is 0. The number of rotatable bonds is 0. The van der Waals surface area contributed by atoms with Gasteiger partial charge in [0.15, 0.2) is 0 Å². The van der Waals surface area contributed by atoms with Gasteiger partial charge in [0.25, 0.3) is 0 Å². The average Bonchev–Trinajstić information content (AvgIpc) is 3.08. The summed E-state index contributed by atoms with van der Waals surface area (Å²) in [7, 11) is 0. The van der Waals surface area contributed by atoms with E-state index in [4.69, 9.17) is 16.0 Å². The van der Waals surface area contributed by atoms with Crippen molar-refractivity contribution in [2.24, 2.45) is 0 Å². The molecule has 6 aromatic rings. The Hall–Kier alpha value is -3.03. The van der Waals surface area contributed by atoms with Gasteiger partial charge in [-0.25, -0.2) is 0 Å². The zero-order valence-corrected chi connectivity index (χ0v) is 14.5. The number of hydrogen-bond donors (Lipinski definition) is 0. The maximum absolute atomic E-state index is 6.48. The SMILES string of the molecule is Clc1cccc2oc3c(ccc4c5ccccc5c5ccccc5c43)c12. The summed E-state index contributed by atoms with van der Waals surface area (Å²) in [5.41, 5.74) is 1.74. The van der Waals surface area contributed by atoms with Crippen molar-refractivity contribution < 1.29 is 4.42 Å². The van der Waals surface area contributed by atoms with E-state index in [2.05, 4.69) is 60.7 Å². The van der Waals surface area contributed by atoms with Gasteiger partial charge in [-0.3, -0.25) is 0 Å². The molecule has 122 valence electrons. The lowest BCUT2D eigenvalue weighted by atomic mass is 9.93. The standard InChI is InChI=1S/C24H13ClO/c25-20-10-5-11-21-23(20)19-13-12-18-16-8-2-1-6-14(16)15-7-3-4-9-17(15)22(18)24(19)26-21/h1-13H. The molecule has 1 heterocycles. The molecule has 1 nitrogen and oxygen atoms in total. The van der Waals surface area contributed by atoms with E-state index >= 15 is 0 Å². The van der Waals surface area contributed by atoms with Crippen LogP contribution in [0, 0.1) is 0 Å². The summed E-state index contributed by atoms with van der Waals surface area (Å²) in [4.78, 5) is 0. The van der Waals surface area contributed by atoms with Crippen molar-refractivity contribution >= 4 is 65.9 Å². The van der Waals surface area contributed by atoms with Crippen molar-refractivity contribution in [1.82, 2.24) is 0 Å². The van der Waals surface area contributed by atoms with Crippen LogP contribution >= 0.6 is 11.6 Å². The largest absolute Gasteiger partial charge is 0.455 e. The highest BCUT2D eigenvalue weighted by molar-refractivity contribution is 6.39. The van der Waals surface area contributed by atoms with Crippen LogP contribution in [-0.4, -0.2) is 0 Å². The molecule has 1 aromatic heterocycles. The van der Waals surface area contributed by atoms with E-state index in [1.165, 1.54) is 26.9 Å². The first-order valence-corrected chi connectivity index (χ1v) is 9.03. The van der Waals surface area contributed by atoms with Crippen molar-refractivity contribution in [1.29, 1.82) is 0 Å². The molecule has 0 N–H and O–H groups in total. The Morgan fingerprint density at radius 1 is 0.500 bits per heavy atom. The molecular formula is C24H13ClO. The number of fused-ring (bicyclic) bond motifs is 10. The molecule has 0 aliphatic rings. The molecule has 0 bridgehead atoms. The monoisotopic (exact) mass is 352 g/mol. The first-order chi connectivity index (χ1) is 12.8. The Bertz CT molecular complexity index is 1460. The lowest BCUT2D eigenvalue weighted by Crippen LogP contribution is -1.83. The zero-order chi connectivity index (χ0) is 17.3. The van der Waals surface area contributed by atoms with E-state index in [1.807, 2.05) is 18.2 Å². The van der Waals surface area contributed by atoms with Crippen molar-refractivity contribution in [2.75, 3.05) is 0 Å². The fourth-order valence-corrected chi connectivity index (χ4v) is 4.49. The van der Waals surface area contributed by atoms with E-state index in [0.29, 0.717) is 0 Å². The van der Waals surface area contributed by atoms with E-state index in [-0.39, 0.29) is 0 Å². The molecule has 0 unspecified atom stereocenters. The number of furan rings is 1. The van der Waals surface area contributed by atoms with Crippen molar-refractivity contribution in [2.45, 2.75) is 0 Å². The predicted octanol–water partition coefficient (Wildman–Crippen LogP) is 7.70. The maximum atomic E-state index is 6.48. The average molecular weight is 353 g/mol. The first kappa shape index (κ1) is 14.2. The first-order valence-electron chi connectivity index (χ1n) is 8.66. The summed E-state index contributed by atoms with van der Waals surface area (Å²) in [5, 5.41) is 10.1. The van der Waals surface area contributed by atoms with E-state index < -0.39 is 0 Å². The molecule has 0 fully saturated rings. The molecule has 0 saturated carbocycles. The van der Waals surface area contributed by atoms with E-state index in [0.717, 1.165) is 32.3 Å². The maximum Gasteiger partial charge on any atom is 0.143 e. The van der Waals surface area contributed by atoms with Crippen molar-refractivity contribution in [3.8, 4) is 0 Å². The highest BCUT2D eigenvalue weighted by Crippen LogP contribution is 2.42. The van der Waals surface area contributed by atoms with Crippen LogP contribution in [0.5, 0.6) is 0 Å². The van der Waals surface area contributed by atoms with Crippen LogP contribution in [0.3, 0.4) is 0 Å². The topological polar surface area (TPSA) is 13.1 Å². The molecule has 0 aliphatic carbocycles. The van der Waals surface area contributed by atoms with Crippen molar-refractivity contribution in [3.05, 3.63) is 83.9 Å². The van der Waals surface area contributed by atoms with Crippen LogP contribution in [0.4, 0.5) is 0 Å². The summed E-state index contributed by atoms with van der Waals surface area (Å²) in [6.45, 7) is 0. The van der Waals surface area contributed by atoms with E-state index in [1.54, 1.807) is 0 Å². The molecule has 0 aliphatic heterocycles. The van der Waals surface area contributed by atoms with Gasteiger partial charge in [-0.1, -0.05) is 72.3 Å². The minimum Gasteiger partial charge on any atom is -0.455 e. The van der Waals surface area contributed by atoms with Gasteiger partial charge < -0.3 is 4.42 Å². The molecule has 26 heavy (non-hydrogen) atoms. The van der Waals surface area contributed by atoms with Gasteiger partial charge in [0, 0.05) is 16.2 Å². The number of hydrogen-bond acceptors (Lipinski definition) is 1. The molecule has 2 heteroatoms. The normalized spacial score (nSPS) is 12.0. The third-order valence-corrected chi connectivity index (χ3v) is 5.63. The summed E-state index contributed by atoms with van der Waals surface area (Å²) in [6, 6.07) is 27.3. The van der Waals surface area contributed by atoms with Crippen molar-refractivity contribution in [3.63, 3.8) is 0 Å². The molecular weight excluding hydrogens is 340 g/mol. The smallest absolute Gasteiger partial charge is 0.143 e. The molecule has 0 radical (unpaired) electrons. The minimum atomic E-state index is 0.727. The lowest BCUT2D eigenvalue weighted by Gasteiger charge is -2.10. The molecule has 0 spiro atoms. The third kappa shape index (κ3) is 1.71. The van der Waals surface area contributed by atoms with Crippen LogP contribution in [0.25, 0.3) is 54.3 Å². The molecule has 0 saturated heterocycles. The van der Waals surface area contributed by atoms with Crippen LogP contribution < -0.4 is 0 Å². The highest BCUT2D eigenvalue weighted by Gasteiger charge is 2.16. The fourth-order valence-electron chi connectivity index (χ4n) is 4.23. The molecule has 0 atom stereocenters. The zero-order valence-electron chi connectivity index (χ0n) is 13.8. The van der Waals surface area contributed by atoms with Crippen LogP contribution in [-0.2, 0) is 0 Å². The Kier molecular flexibility index (Phi) is 2.72. The quantitative estimate of drug-likeness (QED) is 0.255. The van der Waals surface area contributed by atoms with Gasteiger partial charge in [-0.2, -0.15) is 0 Å². The Morgan fingerprint density at radius 3 is 1.81 bits per heavy atom. The Labute approximate surface area is 154 Å². The second kappa shape index (κ2) is 5.00. The van der Waals surface area contributed by atoms with Crippen LogP contribution in [0.15, 0.2) is 83.3 Å². The van der Waals surface area contributed by atoms with E-state index in [9.17, 15) is 0 Å². The summed E-state index contributed by atoms with van der Waals surface area (Å²) in [6.07, 6.45) is 0. The highest BCUT2D eigenvalue weighted by atomic mass is 35.5. The Balaban J connectivity index is 2.01. The van der Waals surface area contributed by atoms with Gasteiger partial charge in [0.1, 0.15) is 11.2 Å². The molecule has 0 amide bonds. The third-order valence-electron chi connectivity index (χ3n) is 5.32. The second-order valence-electron chi connectivity index (χ2n) is 6.67. The lowest BCUT2D eigenvalue weighted by molar-refractivity contribution is 0.673. The number of benzene rings is 5. The molecule has 5 aromatic carbocycles. The summed E-state index contributed by atoms with van der Waals surface area (Å²) < 4.78 is 6.32. The van der Waals surface area contributed by atoms with Gasteiger partial charge in [0.05, 0.1) is 5.02 Å². The van der Waals surface area contributed by atoms with Crippen LogP contribution in [0.1, 0.15) is 0 Å².